The molecule has 1 unspecified atom stereocenters. The molecule has 5 heteroatoms. The molecule has 0 aliphatic heterocycles. The van der Waals surface area contributed by atoms with E-state index >= 15 is 0 Å². The lowest BCUT2D eigenvalue weighted by Gasteiger charge is -2.10. The SMILES string of the molecule is COc1ccc(C(Br)c2cc(C)c(Br)s2)c(F)c1. The minimum Gasteiger partial charge on any atom is -0.497 e. The molecule has 18 heavy (non-hydrogen) atoms. The predicted molar refractivity (Wildman–Crippen MR) is 80.5 cm³/mol. The standard InChI is InChI=1S/C13H11Br2FOS/c1-7-5-11(18-13(7)15)12(14)9-4-3-8(17-2)6-10(9)16/h3-6,12H,1-2H3. The van der Waals surface area contributed by atoms with E-state index in [-0.39, 0.29) is 10.6 Å². The van der Waals surface area contributed by atoms with E-state index in [1.165, 1.54) is 13.2 Å². The van der Waals surface area contributed by atoms with Crippen molar-refractivity contribution in [2.45, 2.75) is 11.8 Å². The Balaban J connectivity index is 2.36. The Kier molecular flexibility index (Phi) is 4.45. The maximum absolute atomic E-state index is 14.0. The van der Waals surface area contributed by atoms with Gasteiger partial charge in [0.1, 0.15) is 11.6 Å². The van der Waals surface area contributed by atoms with Crippen LogP contribution in [0, 0.1) is 12.7 Å². The lowest BCUT2D eigenvalue weighted by Crippen LogP contribution is -1.95. The van der Waals surface area contributed by atoms with E-state index in [1.807, 2.05) is 6.92 Å². The molecule has 0 amide bonds. The summed E-state index contributed by atoms with van der Waals surface area (Å²) in [6.45, 7) is 2.02. The minimum atomic E-state index is -0.265. The van der Waals surface area contributed by atoms with Crippen molar-refractivity contribution in [1.29, 1.82) is 0 Å². The van der Waals surface area contributed by atoms with Crippen LogP contribution in [-0.2, 0) is 0 Å². The average molecular weight is 394 g/mol. The number of alkyl halides is 1. The van der Waals surface area contributed by atoms with Gasteiger partial charge in [0.2, 0.25) is 0 Å². The molecule has 1 heterocycles. The van der Waals surface area contributed by atoms with Crippen molar-refractivity contribution in [3.05, 3.63) is 49.9 Å². The Hall–Kier alpha value is -0.390. The van der Waals surface area contributed by atoms with Crippen LogP contribution in [0.15, 0.2) is 28.1 Å². The number of ether oxygens (including phenoxy) is 1. The summed E-state index contributed by atoms with van der Waals surface area (Å²) in [5, 5.41) is 0. The fraction of sp³-hybridized carbons (Fsp3) is 0.231. The Morgan fingerprint density at radius 2 is 2.06 bits per heavy atom. The molecule has 0 aliphatic carbocycles. The normalized spacial score (nSPS) is 12.5. The van der Waals surface area contributed by atoms with E-state index in [1.54, 1.807) is 23.5 Å². The first-order valence-corrected chi connectivity index (χ1v) is 7.78. The van der Waals surface area contributed by atoms with Gasteiger partial charge >= 0.3 is 0 Å². The highest BCUT2D eigenvalue weighted by Crippen LogP contribution is 2.40. The maximum Gasteiger partial charge on any atom is 0.131 e. The van der Waals surface area contributed by atoms with Crippen LogP contribution in [0.2, 0.25) is 0 Å². The third-order valence-electron chi connectivity index (χ3n) is 2.61. The van der Waals surface area contributed by atoms with Crippen molar-refractivity contribution in [1.82, 2.24) is 0 Å². The van der Waals surface area contributed by atoms with Crippen molar-refractivity contribution in [2.24, 2.45) is 0 Å². The van der Waals surface area contributed by atoms with Crippen molar-refractivity contribution in [2.75, 3.05) is 7.11 Å². The number of benzene rings is 1. The molecule has 1 nitrogen and oxygen atoms in total. The van der Waals surface area contributed by atoms with Gasteiger partial charge in [0.05, 0.1) is 15.7 Å². The van der Waals surface area contributed by atoms with Gasteiger partial charge in [-0.3, -0.25) is 0 Å². The zero-order valence-corrected chi connectivity index (χ0v) is 13.8. The second-order valence-electron chi connectivity index (χ2n) is 3.86. The van der Waals surface area contributed by atoms with E-state index in [4.69, 9.17) is 4.74 Å². The van der Waals surface area contributed by atoms with Gasteiger partial charge in [-0.25, -0.2) is 4.39 Å². The summed E-state index contributed by atoms with van der Waals surface area (Å²) in [4.78, 5) is 0.932. The van der Waals surface area contributed by atoms with Crippen molar-refractivity contribution in [3.8, 4) is 5.75 Å². The van der Waals surface area contributed by atoms with Crippen LogP contribution >= 0.6 is 43.2 Å². The molecule has 0 fully saturated rings. The van der Waals surface area contributed by atoms with Crippen LogP contribution < -0.4 is 4.74 Å². The van der Waals surface area contributed by atoms with Gasteiger partial charge in [0.25, 0.3) is 0 Å². The van der Waals surface area contributed by atoms with E-state index in [2.05, 4.69) is 37.9 Å². The summed E-state index contributed by atoms with van der Waals surface area (Å²) < 4.78 is 20.0. The summed E-state index contributed by atoms with van der Waals surface area (Å²) in [6, 6.07) is 6.97. The van der Waals surface area contributed by atoms with Crippen LogP contribution in [0.3, 0.4) is 0 Å². The zero-order chi connectivity index (χ0) is 13.3. The molecule has 1 aromatic heterocycles. The summed E-state index contributed by atoms with van der Waals surface area (Å²) >= 11 is 8.64. The van der Waals surface area contributed by atoms with Crippen molar-refractivity contribution >= 4 is 43.2 Å². The first-order chi connectivity index (χ1) is 8.52. The van der Waals surface area contributed by atoms with E-state index in [0.717, 1.165) is 14.2 Å². The molecule has 1 aromatic carbocycles. The molecule has 0 spiro atoms. The second-order valence-corrected chi connectivity index (χ2v) is 7.17. The number of thiophene rings is 1. The highest BCUT2D eigenvalue weighted by Gasteiger charge is 2.18. The van der Waals surface area contributed by atoms with E-state index in [0.29, 0.717) is 11.3 Å². The number of rotatable bonds is 3. The van der Waals surface area contributed by atoms with Gasteiger partial charge in [0, 0.05) is 16.5 Å². The molecule has 0 N–H and O–H groups in total. The molecular weight excluding hydrogens is 383 g/mol. The molecule has 0 bridgehead atoms. The molecule has 0 saturated heterocycles. The third kappa shape index (κ3) is 2.78. The summed E-state index contributed by atoms with van der Waals surface area (Å²) in [7, 11) is 1.53. The summed E-state index contributed by atoms with van der Waals surface area (Å²) in [5.74, 6) is 0.262. The monoisotopic (exact) mass is 392 g/mol. The first-order valence-electron chi connectivity index (χ1n) is 5.26. The lowest BCUT2D eigenvalue weighted by atomic mass is 10.1. The van der Waals surface area contributed by atoms with Gasteiger partial charge in [-0.1, -0.05) is 22.0 Å². The lowest BCUT2D eigenvalue weighted by molar-refractivity contribution is 0.411. The summed E-state index contributed by atoms with van der Waals surface area (Å²) in [5.41, 5.74) is 1.78. The highest BCUT2D eigenvalue weighted by molar-refractivity contribution is 9.11. The molecule has 2 rings (SSSR count). The quantitative estimate of drug-likeness (QED) is 0.630. The highest BCUT2D eigenvalue weighted by atomic mass is 79.9. The van der Waals surface area contributed by atoms with Gasteiger partial charge in [-0.2, -0.15) is 0 Å². The largest absolute Gasteiger partial charge is 0.497 e. The number of methoxy groups -OCH3 is 1. The molecule has 1 atom stereocenters. The molecule has 0 aliphatic rings. The van der Waals surface area contributed by atoms with E-state index < -0.39 is 0 Å². The second kappa shape index (κ2) is 5.72. The van der Waals surface area contributed by atoms with Crippen LogP contribution in [0.1, 0.15) is 20.8 Å². The van der Waals surface area contributed by atoms with Gasteiger partial charge < -0.3 is 4.74 Å². The summed E-state index contributed by atoms with van der Waals surface area (Å²) in [6.07, 6.45) is 0. The number of halogens is 3. The molecule has 0 radical (unpaired) electrons. The Morgan fingerprint density at radius 1 is 1.33 bits per heavy atom. The molecular formula is C13H11Br2FOS. The topological polar surface area (TPSA) is 9.23 Å². The Labute approximate surface area is 126 Å². The van der Waals surface area contributed by atoms with Crippen molar-refractivity contribution in [3.63, 3.8) is 0 Å². The number of aryl methyl sites for hydroxylation is 1. The van der Waals surface area contributed by atoms with Crippen LogP contribution in [-0.4, -0.2) is 7.11 Å². The van der Waals surface area contributed by atoms with E-state index in [9.17, 15) is 4.39 Å². The van der Waals surface area contributed by atoms with Crippen LogP contribution in [0.4, 0.5) is 4.39 Å². The van der Waals surface area contributed by atoms with Crippen LogP contribution in [0.25, 0.3) is 0 Å². The zero-order valence-electron chi connectivity index (χ0n) is 9.84. The van der Waals surface area contributed by atoms with Gasteiger partial charge in [0.15, 0.2) is 0 Å². The fourth-order valence-electron chi connectivity index (χ4n) is 1.60. The molecule has 2 aromatic rings. The van der Waals surface area contributed by atoms with Gasteiger partial charge in [-0.15, -0.1) is 11.3 Å². The smallest absolute Gasteiger partial charge is 0.131 e. The Bertz CT molecular complexity index is 549. The Morgan fingerprint density at radius 3 is 2.56 bits per heavy atom. The fourth-order valence-corrected chi connectivity index (χ4v) is 3.95. The maximum atomic E-state index is 14.0. The number of hydrogen-bond acceptors (Lipinski definition) is 2. The minimum absolute atomic E-state index is 0.140. The average Bonchev–Trinajstić information content (AvgIpc) is 2.68. The third-order valence-corrected chi connectivity index (χ3v) is 6.10. The molecule has 96 valence electrons. The first kappa shape index (κ1) is 14.0. The van der Waals surface area contributed by atoms with Crippen LogP contribution in [0.5, 0.6) is 5.75 Å². The molecule has 0 saturated carbocycles. The van der Waals surface area contributed by atoms with Crippen molar-refractivity contribution < 1.29 is 9.13 Å². The predicted octanol–water partition coefficient (Wildman–Crippen LogP) is 5.45. The number of hydrogen-bond donors (Lipinski definition) is 0. The van der Waals surface area contributed by atoms with Gasteiger partial charge in [-0.05, 0) is 40.5 Å².